The Morgan fingerprint density at radius 3 is 2.57 bits per heavy atom. The largest absolute Gasteiger partial charge is 0.497 e. The van der Waals surface area contributed by atoms with Gasteiger partial charge in [0.15, 0.2) is 0 Å². The first kappa shape index (κ1) is 17.5. The van der Waals surface area contributed by atoms with Gasteiger partial charge in [-0.15, -0.1) is 0 Å². The zero-order chi connectivity index (χ0) is 15.7. The molecular formula is C16H25F2NO2. The Labute approximate surface area is 125 Å². The van der Waals surface area contributed by atoms with Crippen molar-refractivity contribution in [3.63, 3.8) is 0 Å². The summed E-state index contributed by atoms with van der Waals surface area (Å²) >= 11 is 0. The highest BCUT2D eigenvalue weighted by molar-refractivity contribution is 5.60. The Hall–Kier alpha value is -1.52. The van der Waals surface area contributed by atoms with Crippen molar-refractivity contribution in [1.29, 1.82) is 0 Å². The predicted molar refractivity (Wildman–Crippen MR) is 81.5 cm³/mol. The third-order valence-electron chi connectivity index (χ3n) is 3.30. The Morgan fingerprint density at radius 2 is 1.95 bits per heavy atom. The van der Waals surface area contributed by atoms with Gasteiger partial charge in [0.2, 0.25) is 0 Å². The fourth-order valence-electron chi connectivity index (χ4n) is 2.16. The van der Waals surface area contributed by atoms with Gasteiger partial charge in [-0.05, 0) is 25.5 Å². The van der Waals surface area contributed by atoms with E-state index in [1.165, 1.54) is 25.3 Å². The van der Waals surface area contributed by atoms with E-state index in [0.717, 1.165) is 12.8 Å². The molecule has 0 aliphatic rings. The number of rotatable bonds is 10. The number of hydrogen-bond acceptors (Lipinski definition) is 3. The summed E-state index contributed by atoms with van der Waals surface area (Å²) in [6, 6.07) is 4.97. The van der Waals surface area contributed by atoms with Crippen LogP contribution in [0.5, 0.6) is 11.5 Å². The first-order chi connectivity index (χ1) is 10.1. The Bertz CT molecular complexity index is 413. The summed E-state index contributed by atoms with van der Waals surface area (Å²) in [4.78, 5) is 0. The second kappa shape index (κ2) is 9.42. The third kappa shape index (κ3) is 6.65. The molecule has 0 bridgehead atoms. The van der Waals surface area contributed by atoms with Crippen molar-refractivity contribution in [2.45, 2.75) is 58.6 Å². The molecule has 1 atom stereocenters. The summed E-state index contributed by atoms with van der Waals surface area (Å²) in [5.74, 6) is 0.753. The summed E-state index contributed by atoms with van der Waals surface area (Å²) in [7, 11) is 1.54. The highest BCUT2D eigenvalue weighted by atomic mass is 19.3. The van der Waals surface area contributed by atoms with Crippen molar-refractivity contribution >= 4 is 5.69 Å². The van der Waals surface area contributed by atoms with Crippen LogP contribution < -0.4 is 14.8 Å². The second-order valence-corrected chi connectivity index (χ2v) is 5.14. The summed E-state index contributed by atoms with van der Waals surface area (Å²) in [6.45, 7) is 1.38. The first-order valence-corrected chi connectivity index (χ1v) is 7.46. The molecule has 0 spiro atoms. The highest BCUT2D eigenvalue weighted by Gasteiger charge is 2.12. The van der Waals surface area contributed by atoms with Crippen LogP contribution in [0.4, 0.5) is 14.5 Å². The van der Waals surface area contributed by atoms with Crippen LogP contribution >= 0.6 is 0 Å². The summed E-state index contributed by atoms with van der Waals surface area (Å²) < 4.78 is 34.5. The molecule has 0 aliphatic carbocycles. The Balaban J connectivity index is 2.65. The zero-order valence-electron chi connectivity index (χ0n) is 13.0. The maximum atomic E-state index is 12.4. The molecule has 0 amide bonds. The normalized spacial score (nSPS) is 12.3. The molecule has 0 aromatic heterocycles. The molecule has 1 aromatic rings. The molecule has 120 valence electrons. The van der Waals surface area contributed by atoms with E-state index >= 15 is 0 Å². The average Bonchev–Trinajstić information content (AvgIpc) is 2.45. The Kier molecular flexibility index (Phi) is 7.87. The number of ether oxygens (including phenoxy) is 2. The number of halogens is 2. The molecule has 1 unspecified atom stereocenters. The van der Waals surface area contributed by atoms with Crippen LogP contribution in [0, 0.1) is 0 Å². The lowest BCUT2D eigenvalue weighted by atomic mass is 10.1. The number of hydrogen-bond donors (Lipinski definition) is 1. The Morgan fingerprint density at radius 1 is 1.19 bits per heavy atom. The fourth-order valence-corrected chi connectivity index (χ4v) is 2.16. The lowest BCUT2D eigenvalue weighted by Crippen LogP contribution is -2.16. The molecule has 0 saturated carbocycles. The van der Waals surface area contributed by atoms with Gasteiger partial charge in [0, 0.05) is 12.1 Å². The molecule has 1 aromatic carbocycles. The number of methoxy groups -OCH3 is 1. The van der Waals surface area contributed by atoms with Crippen molar-refractivity contribution in [1.82, 2.24) is 0 Å². The number of anilines is 1. The molecule has 0 heterocycles. The van der Waals surface area contributed by atoms with E-state index in [2.05, 4.69) is 17.0 Å². The molecule has 0 aliphatic heterocycles. The van der Waals surface area contributed by atoms with E-state index in [9.17, 15) is 8.78 Å². The van der Waals surface area contributed by atoms with E-state index in [4.69, 9.17) is 4.74 Å². The maximum Gasteiger partial charge on any atom is 0.387 e. The van der Waals surface area contributed by atoms with E-state index in [-0.39, 0.29) is 11.8 Å². The smallest absolute Gasteiger partial charge is 0.387 e. The average molecular weight is 301 g/mol. The van der Waals surface area contributed by atoms with Crippen LogP contribution in [0.25, 0.3) is 0 Å². The van der Waals surface area contributed by atoms with Gasteiger partial charge in [0.1, 0.15) is 11.5 Å². The van der Waals surface area contributed by atoms with Gasteiger partial charge in [-0.3, -0.25) is 0 Å². The van der Waals surface area contributed by atoms with E-state index in [1.54, 1.807) is 19.2 Å². The third-order valence-corrected chi connectivity index (χ3v) is 3.30. The molecule has 1 rings (SSSR count). The van der Waals surface area contributed by atoms with Crippen LogP contribution in [0.1, 0.15) is 46.0 Å². The van der Waals surface area contributed by atoms with Crippen LogP contribution in [-0.2, 0) is 0 Å². The monoisotopic (exact) mass is 301 g/mol. The number of alkyl halides is 2. The van der Waals surface area contributed by atoms with Crippen molar-refractivity contribution in [3.8, 4) is 11.5 Å². The molecule has 0 radical (unpaired) electrons. The van der Waals surface area contributed by atoms with Gasteiger partial charge < -0.3 is 14.8 Å². The number of unbranched alkanes of at least 4 members (excludes halogenated alkanes) is 3. The van der Waals surface area contributed by atoms with Crippen LogP contribution in [0.15, 0.2) is 18.2 Å². The topological polar surface area (TPSA) is 30.5 Å². The van der Waals surface area contributed by atoms with Crippen LogP contribution in [0.2, 0.25) is 0 Å². The molecule has 21 heavy (non-hydrogen) atoms. The molecule has 1 N–H and O–H groups in total. The molecule has 3 nitrogen and oxygen atoms in total. The first-order valence-electron chi connectivity index (χ1n) is 7.46. The van der Waals surface area contributed by atoms with Crippen LogP contribution in [0.3, 0.4) is 0 Å². The number of benzene rings is 1. The highest BCUT2D eigenvalue weighted by Crippen LogP contribution is 2.31. The van der Waals surface area contributed by atoms with Gasteiger partial charge in [-0.25, -0.2) is 0 Å². The molecular weight excluding hydrogens is 276 g/mol. The van der Waals surface area contributed by atoms with Crippen LogP contribution in [-0.4, -0.2) is 19.8 Å². The SMILES string of the molecule is CCCCCCC(C)Nc1cc(OC)ccc1OC(F)F. The van der Waals surface area contributed by atoms with Crippen molar-refractivity contribution in [3.05, 3.63) is 18.2 Å². The van der Waals surface area contributed by atoms with Gasteiger partial charge in [0.25, 0.3) is 0 Å². The van der Waals surface area contributed by atoms with Gasteiger partial charge in [0.05, 0.1) is 12.8 Å². The molecule has 5 heteroatoms. The predicted octanol–water partition coefficient (Wildman–Crippen LogP) is 5.07. The van der Waals surface area contributed by atoms with E-state index in [0.29, 0.717) is 11.4 Å². The summed E-state index contributed by atoms with van der Waals surface area (Å²) in [5, 5.41) is 3.23. The summed E-state index contributed by atoms with van der Waals surface area (Å²) in [5.41, 5.74) is 0.539. The second-order valence-electron chi connectivity index (χ2n) is 5.14. The van der Waals surface area contributed by atoms with Gasteiger partial charge >= 0.3 is 6.61 Å². The van der Waals surface area contributed by atoms with E-state index in [1.807, 2.05) is 6.92 Å². The minimum Gasteiger partial charge on any atom is -0.497 e. The fraction of sp³-hybridized carbons (Fsp3) is 0.625. The van der Waals surface area contributed by atoms with Gasteiger partial charge in [-0.2, -0.15) is 8.78 Å². The number of nitrogens with one attached hydrogen (secondary N) is 1. The summed E-state index contributed by atoms with van der Waals surface area (Å²) in [6.07, 6.45) is 5.74. The minimum absolute atomic E-state index is 0.145. The van der Waals surface area contributed by atoms with Crippen molar-refractivity contribution < 1.29 is 18.3 Å². The maximum absolute atomic E-state index is 12.4. The van der Waals surface area contributed by atoms with Crippen molar-refractivity contribution in [2.75, 3.05) is 12.4 Å². The zero-order valence-corrected chi connectivity index (χ0v) is 13.0. The quantitative estimate of drug-likeness (QED) is 0.612. The molecule has 0 saturated heterocycles. The van der Waals surface area contributed by atoms with E-state index < -0.39 is 6.61 Å². The lowest BCUT2D eigenvalue weighted by Gasteiger charge is -2.19. The molecule has 0 fully saturated rings. The lowest BCUT2D eigenvalue weighted by molar-refractivity contribution is -0.0494. The minimum atomic E-state index is -2.83. The van der Waals surface area contributed by atoms with Gasteiger partial charge in [-0.1, -0.05) is 32.6 Å². The van der Waals surface area contributed by atoms with Crippen molar-refractivity contribution in [2.24, 2.45) is 0 Å². The standard InChI is InChI=1S/C16H25F2NO2/c1-4-5-6-7-8-12(2)19-14-11-13(20-3)9-10-15(14)21-16(17)18/h9-12,16,19H,4-8H2,1-3H3.